The Morgan fingerprint density at radius 1 is 1.22 bits per heavy atom. The molecule has 2 fully saturated rings. The van der Waals surface area contributed by atoms with Crippen LogP contribution >= 0.6 is 0 Å². The molecule has 23 heavy (non-hydrogen) atoms. The maximum absolute atomic E-state index is 14.0. The molecule has 1 spiro atoms. The Morgan fingerprint density at radius 3 is 2.52 bits per heavy atom. The Morgan fingerprint density at radius 2 is 1.91 bits per heavy atom. The molecule has 1 amide bonds. The number of nitrogens with zero attached hydrogens (tertiary/aromatic N) is 1. The quantitative estimate of drug-likeness (QED) is 0.907. The summed E-state index contributed by atoms with van der Waals surface area (Å²) in [5.41, 5.74) is -1.34. The number of aliphatic carboxylic acids is 1. The molecule has 1 aliphatic carbocycles. The Hall–Kier alpha value is -2.02. The maximum atomic E-state index is 14.0. The topological polar surface area (TPSA) is 66.8 Å². The van der Waals surface area contributed by atoms with Crippen LogP contribution in [0.1, 0.15) is 42.5 Å². The van der Waals surface area contributed by atoms with Crippen molar-refractivity contribution in [3.8, 4) is 0 Å². The Kier molecular flexibility index (Phi) is 4.06. The van der Waals surface area contributed by atoms with Crippen LogP contribution in [-0.4, -0.2) is 40.3 Å². The normalized spacial score (nSPS) is 23.2. The number of carboxylic acids is 1. The van der Waals surface area contributed by atoms with Crippen molar-refractivity contribution in [2.75, 3.05) is 6.61 Å². The summed E-state index contributed by atoms with van der Waals surface area (Å²) in [6, 6.07) is 1.48. The van der Waals surface area contributed by atoms with Crippen LogP contribution in [0.15, 0.2) is 18.2 Å². The number of rotatable bonds is 2. The fraction of sp³-hybridized carbons (Fsp3) is 0.500. The Labute approximate surface area is 131 Å². The highest BCUT2D eigenvalue weighted by atomic mass is 19.1. The van der Waals surface area contributed by atoms with E-state index in [2.05, 4.69) is 0 Å². The van der Waals surface area contributed by atoms with Crippen LogP contribution in [0.3, 0.4) is 0 Å². The lowest BCUT2D eigenvalue weighted by molar-refractivity contribution is -0.143. The van der Waals surface area contributed by atoms with Crippen LogP contribution in [0.2, 0.25) is 0 Å². The third kappa shape index (κ3) is 2.69. The molecule has 5 nitrogen and oxygen atoms in total. The number of hydrogen-bond donors (Lipinski definition) is 1. The minimum atomic E-state index is -1.19. The van der Waals surface area contributed by atoms with E-state index >= 15 is 0 Å². The molecular weight excluding hydrogens is 308 g/mol. The van der Waals surface area contributed by atoms with Crippen molar-refractivity contribution in [3.05, 3.63) is 35.4 Å². The third-order valence-electron chi connectivity index (χ3n) is 4.56. The van der Waals surface area contributed by atoms with E-state index in [1.807, 2.05) is 0 Å². The lowest BCUT2D eigenvalue weighted by atomic mass is 9.89. The summed E-state index contributed by atoms with van der Waals surface area (Å²) in [5, 5.41) is 9.38. The Balaban J connectivity index is 2.00. The second-order valence-corrected chi connectivity index (χ2v) is 5.97. The van der Waals surface area contributed by atoms with Crippen molar-refractivity contribution in [3.63, 3.8) is 0 Å². The first-order valence-electron chi connectivity index (χ1n) is 7.60. The molecule has 1 aromatic carbocycles. The molecule has 0 bridgehead atoms. The summed E-state index contributed by atoms with van der Waals surface area (Å²) >= 11 is 0. The molecular formula is C16H17F2NO4. The van der Waals surface area contributed by atoms with Gasteiger partial charge in [0.05, 0.1) is 12.2 Å². The number of carboxylic acid groups (broad SMARTS) is 1. The van der Waals surface area contributed by atoms with Gasteiger partial charge in [-0.3, -0.25) is 9.69 Å². The molecule has 1 saturated carbocycles. The fourth-order valence-electron chi connectivity index (χ4n) is 3.45. The smallest absolute Gasteiger partial charge is 0.328 e. The van der Waals surface area contributed by atoms with E-state index in [0.29, 0.717) is 18.9 Å². The number of amides is 1. The fourth-order valence-corrected chi connectivity index (χ4v) is 3.45. The standard InChI is InChI=1S/C16H17F2NO4/c17-10-4-5-11(12(18)8-10)14(20)19-13(15(21)22)9-23-16(19)6-2-1-3-7-16/h4-5,8,13H,1-3,6-7,9H2,(H,21,22)/t13-/m0/s1. The molecule has 124 valence electrons. The first kappa shape index (κ1) is 15.9. The Bertz CT molecular complexity index is 643. The third-order valence-corrected chi connectivity index (χ3v) is 4.56. The SMILES string of the molecule is O=C(O)[C@@H]1COC2(CCCCC2)N1C(=O)c1ccc(F)cc1F. The van der Waals surface area contributed by atoms with E-state index in [9.17, 15) is 23.5 Å². The maximum Gasteiger partial charge on any atom is 0.328 e. The largest absolute Gasteiger partial charge is 0.480 e. The molecule has 3 rings (SSSR count). The van der Waals surface area contributed by atoms with Gasteiger partial charge in [-0.05, 0) is 37.8 Å². The second kappa shape index (κ2) is 5.88. The highest BCUT2D eigenvalue weighted by Crippen LogP contribution is 2.41. The molecule has 1 N–H and O–H groups in total. The summed E-state index contributed by atoms with van der Waals surface area (Å²) in [5.74, 6) is -3.76. The molecule has 0 radical (unpaired) electrons. The molecule has 0 aromatic heterocycles. The highest BCUT2D eigenvalue weighted by molar-refractivity contribution is 5.97. The van der Waals surface area contributed by atoms with Crippen LogP contribution < -0.4 is 0 Å². The van der Waals surface area contributed by atoms with Gasteiger partial charge in [-0.2, -0.15) is 0 Å². The summed E-state index contributed by atoms with van der Waals surface area (Å²) in [6.07, 6.45) is 3.64. The lowest BCUT2D eigenvalue weighted by Gasteiger charge is -2.41. The van der Waals surface area contributed by atoms with E-state index in [0.717, 1.165) is 36.3 Å². The first-order chi connectivity index (χ1) is 10.9. The van der Waals surface area contributed by atoms with Gasteiger partial charge in [0, 0.05) is 6.07 Å². The minimum absolute atomic E-state index is 0.121. The lowest BCUT2D eigenvalue weighted by Crippen LogP contribution is -2.54. The van der Waals surface area contributed by atoms with Crippen molar-refractivity contribution in [2.24, 2.45) is 0 Å². The highest BCUT2D eigenvalue weighted by Gasteiger charge is 2.53. The number of benzene rings is 1. The number of hydrogen-bond acceptors (Lipinski definition) is 3. The van der Waals surface area contributed by atoms with Crippen LogP contribution in [0.4, 0.5) is 8.78 Å². The predicted molar refractivity (Wildman–Crippen MR) is 75.7 cm³/mol. The van der Waals surface area contributed by atoms with Crippen molar-refractivity contribution >= 4 is 11.9 Å². The molecule has 1 atom stereocenters. The first-order valence-corrected chi connectivity index (χ1v) is 7.60. The summed E-state index contributed by atoms with van der Waals surface area (Å²) in [6.45, 7) is -0.121. The van der Waals surface area contributed by atoms with E-state index in [1.54, 1.807) is 0 Å². The average molecular weight is 325 g/mol. The van der Waals surface area contributed by atoms with Gasteiger partial charge < -0.3 is 9.84 Å². The van der Waals surface area contributed by atoms with E-state index in [4.69, 9.17) is 4.74 Å². The summed E-state index contributed by atoms with van der Waals surface area (Å²) in [7, 11) is 0. The monoisotopic (exact) mass is 325 g/mol. The summed E-state index contributed by atoms with van der Waals surface area (Å²) in [4.78, 5) is 25.4. The zero-order valence-electron chi connectivity index (χ0n) is 12.4. The van der Waals surface area contributed by atoms with Crippen LogP contribution in [0.25, 0.3) is 0 Å². The van der Waals surface area contributed by atoms with Gasteiger partial charge in [-0.1, -0.05) is 6.42 Å². The number of halogens is 2. The van der Waals surface area contributed by atoms with Gasteiger partial charge in [-0.25, -0.2) is 13.6 Å². The second-order valence-electron chi connectivity index (χ2n) is 5.97. The zero-order valence-corrected chi connectivity index (χ0v) is 12.4. The molecule has 1 heterocycles. The van der Waals surface area contributed by atoms with E-state index in [1.165, 1.54) is 0 Å². The predicted octanol–water partition coefficient (Wildman–Crippen LogP) is 2.55. The van der Waals surface area contributed by atoms with E-state index < -0.39 is 35.3 Å². The number of ether oxygens (including phenoxy) is 1. The van der Waals surface area contributed by atoms with Gasteiger partial charge in [0.2, 0.25) is 0 Å². The number of carbonyl (C=O) groups is 2. The zero-order chi connectivity index (χ0) is 16.6. The van der Waals surface area contributed by atoms with Crippen LogP contribution in [-0.2, 0) is 9.53 Å². The number of carbonyl (C=O) groups excluding carboxylic acids is 1. The van der Waals surface area contributed by atoms with Crippen LogP contribution in [0.5, 0.6) is 0 Å². The molecule has 1 aromatic rings. The van der Waals surface area contributed by atoms with Crippen molar-refractivity contribution in [1.29, 1.82) is 0 Å². The van der Waals surface area contributed by atoms with Gasteiger partial charge >= 0.3 is 5.97 Å². The van der Waals surface area contributed by atoms with E-state index in [-0.39, 0.29) is 12.2 Å². The van der Waals surface area contributed by atoms with Crippen LogP contribution in [0, 0.1) is 11.6 Å². The summed E-state index contributed by atoms with van der Waals surface area (Å²) < 4.78 is 32.7. The molecule has 2 aliphatic rings. The van der Waals surface area contributed by atoms with Crippen molar-refractivity contribution in [1.82, 2.24) is 4.90 Å². The molecule has 0 unspecified atom stereocenters. The van der Waals surface area contributed by atoms with Gasteiger partial charge in [0.15, 0.2) is 6.04 Å². The minimum Gasteiger partial charge on any atom is -0.480 e. The van der Waals surface area contributed by atoms with Gasteiger partial charge in [-0.15, -0.1) is 0 Å². The van der Waals surface area contributed by atoms with Crippen molar-refractivity contribution < 1.29 is 28.2 Å². The average Bonchev–Trinajstić information content (AvgIpc) is 2.86. The molecule has 1 aliphatic heterocycles. The van der Waals surface area contributed by atoms with Gasteiger partial charge in [0.1, 0.15) is 17.4 Å². The van der Waals surface area contributed by atoms with Crippen molar-refractivity contribution in [2.45, 2.75) is 43.9 Å². The van der Waals surface area contributed by atoms with Gasteiger partial charge in [0.25, 0.3) is 5.91 Å². The molecule has 1 saturated heterocycles. The molecule has 7 heteroatoms.